The highest BCUT2D eigenvalue weighted by Gasteiger charge is 2.22. The Balaban J connectivity index is 2.26. The maximum atomic E-state index is 12.5. The Hall–Kier alpha value is -2.76. The molecule has 0 unspecified atom stereocenters. The molecule has 0 aliphatic carbocycles. The van der Waals surface area contributed by atoms with Gasteiger partial charge in [0.1, 0.15) is 0 Å². The van der Waals surface area contributed by atoms with Gasteiger partial charge in [0.2, 0.25) is 0 Å². The number of esters is 1. The molecule has 0 saturated carbocycles. The minimum atomic E-state index is -0.336. The van der Waals surface area contributed by atoms with Crippen molar-refractivity contribution in [3.8, 4) is 0 Å². The van der Waals surface area contributed by atoms with Crippen molar-refractivity contribution in [1.29, 1.82) is 0 Å². The van der Waals surface area contributed by atoms with Gasteiger partial charge in [-0.25, -0.2) is 9.59 Å². The van der Waals surface area contributed by atoms with Gasteiger partial charge >= 0.3 is 12.0 Å². The number of aromatic amines is 1. The van der Waals surface area contributed by atoms with Crippen molar-refractivity contribution in [1.82, 2.24) is 15.2 Å². The van der Waals surface area contributed by atoms with Crippen LogP contribution < -0.4 is 5.32 Å². The van der Waals surface area contributed by atoms with Gasteiger partial charge in [-0.2, -0.15) is 0 Å². The van der Waals surface area contributed by atoms with E-state index in [9.17, 15) is 9.59 Å². The Morgan fingerprint density at radius 2 is 1.81 bits per heavy atom. The molecule has 0 radical (unpaired) electrons. The van der Waals surface area contributed by atoms with Crippen molar-refractivity contribution < 1.29 is 14.3 Å². The number of nitrogens with zero attached hydrogens (tertiary/aromatic N) is 1. The normalized spacial score (nSPS) is 10.5. The van der Waals surface area contributed by atoms with Gasteiger partial charge in [-0.15, -0.1) is 0 Å². The largest absolute Gasteiger partial charge is 0.462 e. The highest BCUT2D eigenvalue weighted by molar-refractivity contribution is 5.92. The predicted octanol–water partition coefficient (Wildman–Crippen LogP) is 3.54. The molecule has 26 heavy (non-hydrogen) atoms. The van der Waals surface area contributed by atoms with Crippen LogP contribution in [0.25, 0.3) is 0 Å². The molecule has 0 bridgehead atoms. The number of nitrogens with one attached hydrogen (secondary N) is 2. The van der Waals surface area contributed by atoms with E-state index in [4.69, 9.17) is 4.74 Å². The van der Waals surface area contributed by atoms with Gasteiger partial charge in [0, 0.05) is 24.5 Å². The van der Waals surface area contributed by atoms with Gasteiger partial charge in [-0.3, -0.25) is 0 Å². The van der Waals surface area contributed by atoms with Gasteiger partial charge in [0.25, 0.3) is 0 Å². The van der Waals surface area contributed by atoms with Gasteiger partial charge in [-0.1, -0.05) is 30.3 Å². The van der Waals surface area contributed by atoms with Crippen LogP contribution in [0.2, 0.25) is 0 Å². The molecule has 0 atom stereocenters. The Bertz CT molecular complexity index is 753. The minimum Gasteiger partial charge on any atom is -0.462 e. The molecule has 140 valence electrons. The van der Waals surface area contributed by atoms with Crippen LogP contribution in [0.15, 0.2) is 30.3 Å². The zero-order valence-corrected chi connectivity index (χ0v) is 15.9. The van der Waals surface area contributed by atoms with Crippen LogP contribution in [0.1, 0.15) is 46.7 Å². The second-order valence-corrected chi connectivity index (χ2v) is 6.13. The van der Waals surface area contributed by atoms with E-state index in [0.717, 1.165) is 22.5 Å². The van der Waals surface area contributed by atoms with Crippen molar-refractivity contribution in [2.75, 3.05) is 13.2 Å². The van der Waals surface area contributed by atoms with Gasteiger partial charge in [0.15, 0.2) is 0 Å². The first-order valence-corrected chi connectivity index (χ1v) is 8.89. The average molecular weight is 357 g/mol. The molecule has 0 saturated heterocycles. The van der Waals surface area contributed by atoms with E-state index in [1.54, 1.807) is 11.8 Å². The molecule has 2 N–H and O–H groups in total. The predicted molar refractivity (Wildman–Crippen MR) is 101 cm³/mol. The molecule has 0 aliphatic rings. The molecular formula is C20H27N3O3. The summed E-state index contributed by atoms with van der Waals surface area (Å²) in [5.74, 6) is -0.336. The molecule has 1 aromatic heterocycles. The zero-order valence-electron chi connectivity index (χ0n) is 15.9. The first kappa shape index (κ1) is 19.6. The first-order chi connectivity index (χ1) is 12.5. The number of urea groups is 1. The highest BCUT2D eigenvalue weighted by Crippen LogP contribution is 2.21. The summed E-state index contributed by atoms with van der Waals surface area (Å²) < 4.78 is 5.14. The zero-order chi connectivity index (χ0) is 19.1. The van der Waals surface area contributed by atoms with Crippen LogP contribution in [0.5, 0.6) is 0 Å². The van der Waals surface area contributed by atoms with E-state index in [1.807, 2.05) is 51.1 Å². The number of benzene rings is 1. The van der Waals surface area contributed by atoms with Crippen LogP contribution in [0.4, 0.5) is 4.79 Å². The summed E-state index contributed by atoms with van der Waals surface area (Å²) in [4.78, 5) is 29.6. The minimum absolute atomic E-state index is 0.138. The third kappa shape index (κ3) is 4.65. The topological polar surface area (TPSA) is 74.4 Å². The molecule has 2 rings (SSSR count). The van der Waals surface area contributed by atoms with E-state index >= 15 is 0 Å². The van der Waals surface area contributed by atoms with Crippen molar-refractivity contribution in [3.05, 3.63) is 58.4 Å². The lowest BCUT2D eigenvalue weighted by atomic mass is 10.1. The number of carbonyl (C=O) groups is 2. The van der Waals surface area contributed by atoms with Crippen molar-refractivity contribution in [3.63, 3.8) is 0 Å². The molecule has 0 spiro atoms. The molecule has 1 aromatic carbocycles. The fourth-order valence-corrected chi connectivity index (χ4v) is 2.94. The van der Waals surface area contributed by atoms with E-state index in [2.05, 4.69) is 10.3 Å². The average Bonchev–Trinajstić information content (AvgIpc) is 2.89. The highest BCUT2D eigenvalue weighted by atomic mass is 16.5. The van der Waals surface area contributed by atoms with Crippen LogP contribution in [0, 0.1) is 13.8 Å². The second kappa shape index (κ2) is 9.08. The number of amides is 2. The van der Waals surface area contributed by atoms with Crippen LogP contribution >= 0.6 is 0 Å². The monoisotopic (exact) mass is 357 g/mol. The van der Waals surface area contributed by atoms with Crippen molar-refractivity contribution in [2.24, 2.45) is 0 Å². The molecule has 0 fully saturated rings. The van der Waals surface area contributed by atoms with Gasteiger partial charge in [-0.05, 0) is 38.8 Å². The fraction of sp³-hybridized carbons (Fsp3) is 0.400. The van der Waals surface area contributed by atoms with Gasteiger partial charge < -0.3 is 19.9 Å². The number of hydrogen-bond donors (Lipinski definition) is 2. The standard InChI is InChI=1S/C20H27N3O3/c1-5-21-20(25)23(12-16-10-8-7-9-11-16)13-17-14(3)18(15(4)22-17)19(24)26-6-2/h7-11,22H,5-6,12-13H2,1-4H3,(H,21,25). The fourth-order valence-electron chi connectivity index (χ4n) is 2.94. The van der Waals surface area contributed by atoms with E-state index in [-0.39, 0.29) is 12.0 Å². The van der Waals surface area contributed by atoms with E-state index in [1.165, 1.54) is 0 Å². The van der Waals surface area contributed by atoms with Crippen LogP contribution in [-0.2, 0) is 17.8 Å². The summed E-state index contributed by atoms with van der Waals surface area (Å²) in [5, 5.41) is 2.85. The van der Waals surface area contributed by atoms with E-state index < -0.39 is 0 Å². The maximum Gasteiger partial charge on any atom is 0.340 e. The SMILES string of the molecule is CCNC(=O)N(Cc1ccccc1)Cc1[nH]c(C)c(C(=O)OCC)c1C. The first-order valence-electron chi connectivity index (χ1n) is 8.89. The molecule has 6 heteroatoms. The van der Waals surface area contributed by atoms with Crippen LogP contribution in [0.3, 0.4) is 0 Å². The molecular weight excluding hydrogens is 330 g/mol. The number of aryl methyl sites for hydroxylation is 1. The Morgan fingerprint density at radius 3 is 2.42 bits per heavy atom. The summed E-state index contributed by atoms with van der Waals surface area (Å²) in [7, 11) is 0. The summed E-state index contributed by atoms with van der Waals surface area (Å²) in [6.45, 7) is 9.15. The molecule has 0 aliphatic heterocycles. The number of aromatic nitrogens is 1. The smallest absolute Gasteiger partial charge is 0.340 e. The van der Waals surface area contributed by atoms with E-state index in [0.29, 0.717) is 31.8 Å². The lowest BCUT2D eigenvalue weighted by Gasteiger charge is -2.23. The number of carbonyl (C=O) groups excluding carboxylic acids is 2. The molecule has 6 nitrogen and oxygen atoms in total. The van der Waals surface area contributed by atoms with Crippen molar-refractivity contribution >= 4 is 12.0 Å². The summed E-state index contributed by atoms with van der Waals surface area (Å²) in [6.07, 6.45) is 0. The molecule has 1 heterocycles. The Labute approximate surface area is 154 Å². The summed E-state index contributed by atoms with van der Waals surface area (Å²) in [6, 6.07) is 9.69. The molecule has 2 aromatic rings. The summed E-state index contributed by atoms with van der Waals surface area (Å²) in [5.41, 5.74) is 4.02. The van der Waals surface area contributed by atoms with Crippen LogP contribution in [-0.4, -0.2) is 35.0 Å². The van der Waals surface area contributed by atoms with Gasteiger partial charge in [0.05, 0.1) is 18.7 Å². The number of H-pyrrole nitrogens is 1. The quantitative estimate of drug-likeness (QED) is 0.744. The second-order valence-electron chi connectivity index (χ2n) is 6.13. The molecule has 2 amide bonds. The summed E-state index contributed by atoms with van der Waals surface area (Å²) >= 11 is 0. The Kier molecular flexibility index (Phi) is 6.83. The lowest BCUT2D eigenvalue weighted by molar-refractivity contribution is 0.0525. The third-order valence-electron chi connectivity index (χ3n) is 4.20. The Morgan fingerprint density at radius 1 is 1.12 bits per heavy atom. The maximum absolute atomic E-state index is 12.5. The van der Waals surface area contributed by atoms with Crippen molar-refractivity contribution in [2.45, 2.75) is 40.8 Å². The third-order valence-corrected chi connectivity index (χ3v) is 4.20. The lowest BCUT2D eigenvalue weighted by Crippen LogP contribution is -2.39. The number of rotatable bonds is 7. The number of hydrogen-bond acceptors (Lipinski definition) is 3. The number of ether oxygens (including phenoxy) is 1.